The average molecular weight is 248 g/mol. The molecule has 0 bridgehead atoms. The van der Waals surface area contributed by atoms with Crippen molar-refractivity contribution in [3.63, 3.8) is 0 Å². The van der Waals surface area contributed by atoms with Crippen LogP contribution in [0.1, 0.15) is 22.6 Å². The molecule has 0 fully saturated rings. The summed E-state index contributed by atoms with van der Waals surface area (Å²) in [6.07, 6.45) is 1.47. The van der Waals surface area contributed by atoms with Crippen molar-refractivity contribution in [1.82, 2.24) is 15.1 Å². The molecule has 2 aromatic heterocycles. The van der Waals surface area contributed by atoms with Crippen LogP contribution in [0.15, 0.2) is 10.9 Å². The van der Waals surface area contributed by atoms with Gasteiger partial charge in [0.25, 0.3) is 0 Å². The Morgan fingerprint density at radius 1 is 1.28 bits per heavy atom. The van der Waals surface area contributed by atoms with Gasteiger partial charge in [-0.15, -0.1) is 0 Å². The van der Waals surface area contributed by atoms with Crippen LogP contribution in [-0.2, 0) is 6.54 Å². The summed E-state index contributed by atoms with van der Waals surface area (Å²) < 4.78 is 10.3. The molecule has 6 nitrogen and oxygen atoms in total. The maximum absolute atomic E-state index is 5.15. The van der Waals surface area contributed by atoms with E-state index >= 15 is 0 Å². The minimum absolute atomic E-state index is 0.575. The van der Waals surface area contributed by atoms with E-state index in [1.165, 1.54) is 6.33 Å². The number of anilines is 1. The Bertz CT molecular complexity index is 532. The summed E-state index contributed by atoms with van der Waals surface area (Å²) in [5.41, 5.74) is 2.82. The van der Waals surface area contributed by atoms with Crippen molar-refractivity contribution in [2.45, 2.75) is 27.3 Å². The van der Waals surface area contributed by atoms with Gasteiger partial charge in [0, 0.05) is 12.1 Å². The quantitative estimate of drug-likeness (QED) is 0.892. The first-order valence-electron chi connectivity index (χ1n) is 5.64. The van der Waals surface area contributed by atoms with Crippen LogP contribution in [-0.4, -0.2) is 22.2 Å². The van der Waals surface area contributed by atoms with Gasteiger partial charge in [-0.05, 0) is 20.8 Å². The highest BCUT2D eigenvalue weighted by Crippen LogP contribution is 2.21. The Labute approximate surface area is 105 Å². The fraction of sp³-hybridized carbons (Fsp3) is 0.417. The second-order valence-corrected chi connectivity index (χ2v) is 4.01. The van der Waals surface area contributed by atoms with E-state index in [1.54, 1.807) is 7.11 Å². The zero-order chi connectivity index (χ0) is 13.1. The van der Waals surface area contributed by atoms with Crippen LogP contribution in [0.3, 0.4) is 0 Å². The molecule has 1 N–H and O–H groups in total. The van der Waals surface area contributed by atoms with Gasteiger partial charge in [-0.3, -0.25) is 0 Å². The molecule has 6 heteroatoms. The molecule has 0 aromatic carbocycles. The van der Waals surface area contributed by atoms with Crippen LogP contribution in [0, 0.1) is 20.8 Å². The standard InChI is InChI=1S/C12H16N4O2/c1-7-11(14-6-15-12(7)17-4)13-5-10-8(2)16-18-9(10)3/h6H,5H2,1-4H3,(H,13,14,15). The lowest BCUT2D eigenvalue weighted by atomic mass is 10.2. The van der Waals surface area contributed by atoms with E-state index in [2.05, 4.69) is 20.4 Å². The lowest BCUT2D eigenvalue weighted by molar-refractivity contribution is 0.392. The van der Waals surface area contributed by atoms with E-state index in [0.29, 0.717) is 12.4 Å². The molecular formula is C12H16N4O2. The van der Waals surface area contributed by atoms with E-state index in [-0.39, 0.29) is 0 Å². The van der Waals surface area contributed by atoms with Crippen LogP contribution >= 0.6 is 0 Å². The molecule has 0 amide bonds. The summed E-state index contributed by atoms with van der Waals surface area (Å²) in [5.74, 6) is 2.15. The first-order chi connectivity index (χ1) is 8.63. The maximum atomic E-state index is 5.15. The lowest BCUT2D eigenvalue weighted by Gasteiger charge is -2.10. The summed E-state index contributed by atoms with van der Waals surface area (Å²) in [4.78, 5) is 8.23. The topological polar surface area (TPSA) is 73.1 Å². The third-order valence-electron chi connectivity index (χ3n) is 2.85. The van der Waals surface area contributed by atoms with Crippen LogP contribution in [0.2, 0.25) is 0 Å². The van der Waals surface area contributed by atoms with Crippen molar-refractivity contribution in [3.05, 3.63) is 28.9 Å². The van der Waals surface area contributed by atoms with E-state index < -0.39 is 0 Å². The van der Waals surface area contributed by atoms with Crippen LogP contribution in [0.4, 0.5) is 5.82 Å². The van der Waals surface area contributed by atoms with Gasteiger partial charge < -0.3 is 14.6 Å². The number of hydrogen-bond acceptors (Lipinski definition) is 6. The summed E-state index contributed by atoms with van der Waals surface area (Å²) >= 11 is 0. The third kappa shape index (κ3) is 2.27. The first-order valence-corrected chi connectivity index (χ1v) is 5.64. The average Bonchev–Trinajstić information content (AvgIpc) is 2.68. The van der Waals surface area contributed by atoms with Crippen LogP contribution < -0.4 is 10.1 Å². The predicted octanol–water partition coefficient (Wildman–Crippen LogP) is 2.01. The molecule has 0 atom stereocenters. The molecule has 0 radical (unpaired) electrons. The largest absolute Gasteiger partial charge is 0.481 e. The van der Waals surface area contributed by atoms with E-state index in [0.717, 1.165) is 28.4 Å². The van der Waals surface area contributed by atoms with E-state index in [9.17, 15) is 0 Å². The third-order valence-corrected chi connectivity index (χ3v) is 2.85. The predicted molar refractivity (Wildman–Crippen MR) is 66.6 cm³/mol. The molecule has 0 aliphatic rings. The normalized spacial score (nSPS) is 10.4. The molecule has 2 aromatic rings. The van der Waals surface area contributed by atoms with Crippen molar-refractivity contribution in [2.75, 3.05) is 12.4 Å². The number of ether oxygens (including phenoxy) is 1. The first kappa shape index (κ1) is 12.3. The van der Waals surface area contributed by atoms with Crippen LogP contribution in [0.25, 0.3) is 0 Å². The van der Waals surface area contributed by atoms with E-state index in [1.807, 2.05) is 20.8 Å². The monoisotopic (exact) mass is 248 g/mol. The molecule has 0 saturated heterocycles. The number of aryl methyl sites for hydroxylation is 2. The highest BCUT2D eigenvalue weighted by molar-refractivity contribution is 5.48. The van der Waals surface area contributed by atoms with Gasteiger partial charge in [0.05, 0.1) is 18.4 Å². The second kappa shape index (κ2) is 5.03. The minimum Gasteiger partial charge on any atom is -0.481 e. The molecule has 0 spiro atoms. The number of aromatic nitrogens is 3. The summed E-state index contributed by atoms with van der Waals surface area (Å²) in [6, 6.07) is 0. The van der Waals surface area contributed by atoms with Crippen molar-refractivity contribution in [3.8, 4) is 5.88 Å². The minimum atomic E-state index is 0.575. The Morgan fingerprint density at radius 3 is 2.67 bits per heavy atom. The Morgan fingerprint density at radius 2 is 2.06 bits per heavy atom. The van der Waals surface area contributed by atoms with Gasteiger partial charge in [-0.2, -0.15) is 0 Å². The van der Waals surface area contributed by atoms with Gasteiger partial charge >= 0.3 is 0 Å². The fourth-order valence-corrected chi connectivity index (χ4v) is 1.74. The van der Waals surface area contributed by atoms with Crippen molar-refractivity contribution in [1.29, 1.82) is 0 Å². The second-order valence-electron chi connectivity index (χ2n) is 4.01. The summed E-state index contributed by atoms with van der Waals surface area (Å²) in [6.45, 7) is 6.34. The number of nitrogens with zero attached hydrogens (tertiary/aromatic N) is 3. The molecule has 18 heavy (non-hydrogen) atoms. The molecule has 0 unspecified atom stereocenters. The molecule has 96 valence electrons. The fourth-order valence-electron chi connectivity index (χ4n) is 1.74. The number of rotatable bonds is 4. The van der Waals surface area contributed by atoms with E-state index in [4.69, 9.17) is 9.26 Å². The number of nitrogens with one attached hydrogen (secondary N) is 1. The number of hydrogen-bond donors (Lipinski definition) is 1. The molecule has 0 aliphatic carbocycles. The Kier molecular flexibility index (Phi) is 3.45. The van der Waals surface area contributed by atoms with Crippen molar-refractivity contribution < 1.29 is 9.26 Å². The smallest absolute Gasteiger partial charge is 0.221 e. The molecule has 2 heterocycles. The van der Waals surface area contributed by atoms with Gasteiger partial charge in [0.2, 0.25) is 5.88 Å². The zero-order valence-electron chi connectivity index (χ0n) is 10.9. The van der Waals surface area contributed by atoms with Gasteiger partial charge in [0.1, 0.15) is 17.9 Å². The lowest BCUT2D eigenvalue weighted by Crippen LogP contribution is -2.06. The van der Waals surface area contributed by atoms with Crippen molar-refractivity contribution >= 4 is 5.82 Å². The van der Waals surface area contributed by atoms with Gasteiger partial charge in [0.15, 0.2) is 0 Å². The maximum Gasteiger partial charge on any atom is 0.221 e. The highest BCUT2D eigenvalue weighted by atomic mass is 16.5. The summed E-state index contributed by atoms with van der Waals surface area (Å²) in [7, 11) is 1.59. The Hall–Kier alpha value is -2.11. The zero-order valence-corrected chi connectivity index (χ0v) is 10.9. The molecule has 0 aliphatic heterocycles. The molecular weight excluding hydrogens is 232 g/mol. The Balaban J connectivity index is 2.16. The van der Waals surface area contributed by atoms with Gasteiger partial charge in [-0.25, -0.2) is 9.97 Å². The SMILES string of the molecule is COc1ncnc(NCc2c(C)noc2C)c1C. The van der Waals surface area contributed by atoms with Gasteiger partial charge in [-0.1, -0.05) is 5.16 Å². The van der Waals surface area contributed by atoms with Crippen LogP contribution in [0.5, 0.6) is 5.88 Å². The molecule has 0 saturated carbocycles. The highest BCUT2D eigenvalue weighted by Gasteiger charge is 2.11. The molecule has 2 rings (SSSR count). The number of methoxy groups -OCH3 is 1. The summed E-state index contributed by atoms with van der Waals surface area (Å²) in [5, 5.41) is 7.15. The van der Waals surface area contributed by atoms with Crippen molar-refractivity contribution in [2.24, 2.45) is 0 Å².